The molecule has 5 nitrogen and oxygen atoms in total. The number of ether oxygens (including phenoxy) is 1. The SMILES string of the molecule is CCCCCCCCCCCc1cccc(Oc2cc([O-])ccc2S(=O)(=O)O)c1.[Na+]. The number of rotatable bonds is 13. The van der Waals surface area contributed by atoms with Crippen molar-refractivity contribution in [1.29, 1.82) is 0 Å². The Morgan fingerprint density at radius 1 is 0.900 bits per heavy atom. The molecule has 1 N–H and O–H groups in total. The van der Waals surface area contributed by atoms with Crippen molar-refractivity contribution in [3.63, 3.8) is 0 Å². The van der Waals surface area contributed by atoms with Crippen LogP contribution in [-0.2, 0) is 16.5 Å². The summed E-state index contributed by atoms with van der Waals surface area (Å²) in [5.74, 6) is -0.118. The molecule has 0 heterocycles. The number of hydrogen-bond donors (Lipinski definition) is 1. The van der Waals surface area contributed by atoms with Crippen molar-refractivity contribution in [2.45, 2.75) is 76.0 Å². The van der Waals surface area contributed by atoms with Crippen molar-refractivity contribution in [2.24, 2.45) is 0 Å². The van der Waals surface area contributed by atoms with E-state index in [0.717, 1.165) is 36.6 Å². The molecule has 2 aromatic rings. The summed E-state index contributed by atoms with van der Waals surface area (Å²) in [4.78, 5) is -0.415. The maximum Gasteiger partial charge on any atom is 1.00 e. The molecule has 0 fully saturated rings. The third-order valence-electron chi connectivity index (χ3n) is 4.89. The van der Waals surface area contributed by atoms with Gasteiger partial charge in [0, 0.05) is 0 Å². The van der Waals surface area contributed by atoms with E-state index in [2.05, 4.69) is 6.92 Å². The molecule has 30 heavy (non-hydrogen) atoms. The molecular formula is C23H31NaO5S. The Morgan fingerprint density at radius 3 is 2.17 bits per heavy atom. The summed E-state index contributed by atoms with van der Waals surface area (Å²) >= 11 is 0. The van der Waals surface area contributed by atoms with Crippen LogP contribution in [0.4, 0.5) is 0 Å². The molecule has 0 aliphatic heterocycles. The first-order valence-electron chi connectivity index (χ1n) is 10.5. The zero-order valence-corrected chi connectivity index (χ0v) is 20.9. The molecule has 2 aromatic carbocycles. The van der Waals surface area contributed by atoms with Gasteiger partial charge in [-0.15, -0.1) is 5.75 Å². The minimum Gasteiger partial charge on any atom is -0.872 e. The molecule has 2 rings (SSSR count). The van der Waals surface area contributed by atoms with Crippen molar-refractivity contribution in [2.75, 3.05) is 0 Å². The summed E-state index contributed by atoms with van der Waals surface area (Å²) in [5, 5.41) is 11.6. The van der Waals surface area contributed by atoms with Crippen LogP contribution in [-0.4, -0.2) is 13.0 Å². The van der Waals surface area contributed by atoms with E-state index in [9.17, 15) is 18.1 Å². The van der Waals surface area contributed by atoms with Gasteiger partial charge in [0.15, 0.2) is 0 Å². The van der Waals surface area contributed by atoms with Crippen LogP contribution in [0.15, 0.2) is 47.4 Å². The molecular weight excluding hydrogens is 411 g/mol. The average molecular weight is 443 g/mol. The van der Waals surface area contributed by atoms with Crippen LogP contribution in [0.1, 0.15) is 70.3 Å². The van der Waals surface area contributed by atoms with E-state index >= 15 is 0 Å². The second-order valence-corrected chi connectivity index (χ2v) is 8.80. The summed E-state index contributed by atoms with van der Waals surface area (Å²) in [6.45, 7) is 2.23. The largest absolute Gasteiger partial charge is 1.00 e. The van der Waals surface area contributed by atoms with E-state index < -0.39 is 20.8 Å². The molecule has 0 aromatic heterocycles. The van der Waals surface area contributed by atoms with Gasteiger partial charge in [0.2, 0.25) is 0 Å². The molecule has 0 unspecified atom stereocenters. The number of benzene rings is 2. The third kappa shape index (κ3) is 9.84. The Labute approximate surface area is 202 Å². The van der Waals surface area contributed by atoms with Crippen molar-refractivity contribution in [3.05, 3.63) is 48.0 Å². The summed E-state index contributed by atoms with van der Waals surface area (Å²) in [6.07, 6.45) is 12.3. The zero-order chi connectivity index (χ0) is 21.1. The van der Waals surface area contributed by atoms with Crippen molar-refractivity contribution < 1.29 is 52.4 Å². The molecule has 160 valence electrons. The van der Waals surface area contributed by atoms with E-state index in [1.54, 1.807) is 6.07 Å². The molecule has 0 aliphatic rings. The fraction of sp³-hybridized carbons (Fsp3) is 0.478. The van der Waals surface area contributed by atoms with Crippen LogP contribution < -0.4 is 39.4 Å². The standard InChI is InChI=1S/C23H32O5S.Na/c1-2-3-4-5-6-7-8-9-10-12-19-13-11-14-21(17-19)28-22-18-20(24)15-16-23(22)29(25,26)27;/h11,13-18,24H,2-10,12H2,1H3,(H,25,26,27);/q;+1/p-1. The minimum absolute atomic E-state index is 0. The molecule has 0 bridgehead atoms. The number of hydrogen-bond acceptors (Lipinski definition) is 4. The first kappa shape index (κ1) is 27.0. The second-order valence-electron chi connectivity index (χ2n) is 7.41. The maximum absolute atomic E-state index is 11.6. The summed E-state index contributed by atoms with van der Waals surface area (Å²) < 4.78 is 37.9. The van der Waals surface area contributed by atoms with Gasteiger partial charge < -0.3 is 9.84 Å². The van der Waals surface area contributed by atoms with Crippen LogP contribution in [0.5, 0.6) is 17.2 Å². The van der Waals surface area contributed by atoms with Gasteiger partial charge in [0.1, 0.15) is 16.4 Å². The fourth-order valence-corrected chi connectivity index (χ4v) is 3.91. The first-order valence-corrected chi connectivity index (χ1v) is 11.9. The van der Waals surface area contributed by atoms with Crippen LogP contribution in [0.2, 0.25) is 0 Å². The van der Waals surface area contributed by atoms with Gasteiger partial charge >= 0.3 is 29.6 Å². The summed E-state index contributed by atoms with van der Waals surface area (Å²) in [6, 6.07) is 10.6. The van der Waals surface area contributed by atoms with Gasteiger partial charge in [-0.25, -0.2) is 0 Å². The van der Waals surface area contributed by atoms with Gasteiger partial charge in [-0.1, -0.05) is 76.5 Å². The van der Waals surface area contributed by atoms with E-state index in [1.165, 1.54) is 51.4 Å². The molecule has 0 aliphatic carbocycles. The number of aryl methyl sites for hydroxylation is 1. The predicted molar refractivity (Wildman–Crippen MR) is 113 cm³/mol. The fourth-order valence-electron chi connectivity index (χ4n) is 3.31. The van der Waals surface area contributed by atoms with E-state index in [-0.39, 0.29) is 35.3 Å². The maximum atomic E-state index is 11.6. The Hall–Kier alpha value is -1.05. The summed E-state index contributed by atoms with van der Waals surface area (Å²) in [7, 11) is -4.48. The van der Waals surface area contributed by atoms with Gasteiger partial charge in [-0.3, -0.25) is 4.55 Å². The molecule has 7 heteroatoms. The van der Waals surface area contributed by atoms with Crippen LogP contribution in [0.25, 0.3) is 0 Å². The molecule has 0 amide bonds. The zero-order valence-electron chi connectivity index (χ0n) is 18.1. The molecule has 0 atom stereocenters. The van der Waals surface area contributed by atoms with E-state index in [0.29, 0.717) is 5.75 Å². The Balaban J connectivity index is 0.00000450. The average Bonchev–Trinajstić information content (AvgIpc) is 2.66. The topological polar surface area (TPSA) is 86.7 Å². The molecule has 0 spiro atoms. The van der Waals surface area contributed by atoms with Crippen LogP contribution in [0, 0.1) is 0 Å². The van der Waals surface area contributed by atoms with Crippen molar-refractivity contribution in [3.8, 4) is 17.2 Å². The Bertz CT molecular complexity index is 868. The van der Waals surface area contributed by atoms with Gasteiger partial charge in [-0.2, -0.15) is 8.42 Å². The Morgan fingerprint density at radius 2 is 1.53 bits per heavy atom. The summed E-state index contributed by atoms with van der Waals surface area (Å²) in [5.41, 5.74) is 1.09. The van der Waals surface area contributed by atoms with E-state index in [4.69, 9.17) is 4.74 Å². The van der Waals surface area contributed by atoms with Gasteiger partial charge in [-0.05, 0) is 42.7 Å². The normalized spacial score (nSPS) is 11.1. The van der Waals surface area contributed by atoms with Crippen molar-refractivity contribution in [1.82, 2.24) is 0 Å². The van der Waals surface area contributed by atoms with Gasteiger partial charge in [0.25, 0.3) is 10.1 Å². The van der Waals surface area contributed by atoms with Crippen molar-refractivity contribution >= 4 is 10.1 Å². The number of unbranched alkanes of at least 4 members (excludes halogenated alkanes) is 8. The van der Waals surface area contributed by atoms with Crippen LogP contribution in [0.3, 0.4) is 0 Å². The van der Waals surface area contributed by atoms with Crippen LogP contribution >= 0.6 is 0 Å². The molecule has 0 saturated carbocycles. The first-order chi connectivity index (χ1) is 13.9. The van der Waals surface area contributed by atoms with Gasteiger partial charge in [0.05, 0.1) is 0 Å². The third-order valence-corrected chi connectivity index (χ3v) is 5.78. The minimum atomic E-state index is -4.48. The second kappa shape index (κ2) is 14.1. The van der Waals surface area contributed by atoms with E-state index in [1.807, 2.05) is 18.2 Å². The monoisotopic (exact) mass is 442 g/mol. The predicted octanol–water partition coefficient (Wildman–Crippen LogP) is 2.88. The quantitative estimate of drug-likeness (QED) is 0.293. The Kier molecular flexibility index (Phi) is 12.7. The smallest absolute Gasteiger partial charge is 0.872 e. The molecule has 0 radical (unpaired) electrons. The molecule has 0 saturated heterocycles.